The molecule has 0 radical (unpaired) electrons. The molecule has 0 saturated carbocycles. The molecule has 3 aromatic rings. The third-order valence-corrected chi connectivity index (χ3v) is 6.50. The predicted octanol–water partition coefficient (Wildman–Crippen LogP) is 3.62. The predicted molar refractivity (Wildman–Crippen MR) is 121 cm³/mol. The van der Waals surface area contributed by atoms with Crippen molar-refractivity contribution < 1.29 is 13.2 Å². The number of pyridine rings is 1. The van der Waals surface area contributed by atoms with Crippen LogP contribution in [-0.4, -0.2) is 35.1 Å². The molecule has 2 aromatic heterocycles. The van der Waals surface area contributed by atoms with E-state index in [1.165, 1.54) is 13.1 Å². The van der Waals surface area contributed by atoms with E-state index in [4.69, 9.17) is 0 Å². The van der Waals surface area contributed by atoms with Crippen molar-refractivity contribution >= 4 is 32.7 Å². The highest BCUT2D eigenvalue weighted by Crippen LogP contribution is 2.23. The number of fused-ring (bicyclic) bond motifs is 1. The quantitative estimate of drug-likeness (QED) is 0.605. The number of carbonyl (C=O) groups excluding carboxylic acids is 1. The first-order valence-corrected chi connectivity index (χ1v) is 11.6. The number of aromatic nitrogens is 3. The molecule has 1 amide bonds. The van der Waals surface area contributed by atoms with Gasteiger partial charge in [-0.05, 0) is 49.9 Å². The SMILES string of the molecule is CC(NS(=O)(=O)c1ccc(C(C)(C)C)cc1)C(=O)Nc1cnc2c(cnn2C(C)C)c1. The van der Waals surface area contributed by atoms with Crippen LogP contribution in [0.4, 0.5) is 5.69 Å². The van der Waals surface area contributed by atoms with Crippen molar-refractivity contribution in [2.75, 3.05) is 5.32 Å². The van der Waals surface area contributed by atoms with Gasteiger partial charge < -0.3 is 5.32 Å². The first-order valence-electron chi connectivity index (χ1n) is 10.2. The Morgan fingerprint density at radius 3 is 2.29 bits per heavy atom. The lowest BCUT2D eigenvalue weighted by Gasteiger charge is -2.19. The number of benzene rings is 1. The van der Waals surface area contributed by atoms with Crippen LogP contribution in [0.1, 0.15) is 53.1 Å². The Balaban J connectivity index is 1.70. The Morgan fingerprint density at radius 2 is 1.71 bits per heavy atom. The molecule has 1 unspecified atom stereocenters. The summed E-state index contributed by atoms with van der Waals surface area (Å²) in [5, 5.41) is 7.80. The molecule has 31 heavy (non-hydrogen) atoms. The third-order valence-electron chi connectivity index (χ3n) is 4.95. The van der Waals surface area contributed by atoms with Crippen LogP contribution in [0.5, 0.6) is 0 Å². The highest BCUT2D eigenvalue weighted by molar-refractivity contribution is 7.89. The number of nitrogens with one attached hydrogen (secondary N) is 2. The number of hydrogen-bond donors (Lipinski definition) is 2. The number of carbonyl (C=O) groups is 1. The van der Waals surface area contributed by atoms with Crippen LogP contribution in [0.2, 0.25) is 0 Å². The Kier molecular flexibility index (Phi) is 6.20. The van der Waals surface area contributed by atoms with E-state index in [0.29, 0.717) is 5.69 Å². The second-order valence-corrected chi connectivity index (χ2v) is 10.6. The number of amides is 1. The van der Waals surface area contributed by atoms with Crippen molar-refractivity contribution in [1.82, 2.24) is 19.5 Å². The maximum absolute atomic E-state index is 12.7. The standard InChI is InChI=1S/C22H29N5O3S/c1-14(2)27-20-16(12-24-27)11-18(13-23-20)25-21(28)15(3)26-31(29,30)19-9-7-17(8-10-19)22(4,5)6/h7-15,26H,1-6H3,(H,25,28). The first kappa shape index (κ1) is 22.9. The minimum atomic E-state index is -3.84. The van der Waals surface area contributed by atoms with Crippen molar-refractivity contribution in [3.05, 3.63) is 48.3 Å². The lowest BCUT2D eigenvalue weighted by Crippen LogP contribution is -2.41. The van der Waals surface area contributed by atoms with E-state index >= 15 is 0 Å². The summed E-state index contributed by atoms with van der Waals surface area (Å²) in [4.78, 5) is 17.1. The fourth-order valence-electron chi connectivity index (χ4n) is 3.13. The summed E-state index contributed by atoms with van der Waals surface area (Å²) in [6.07, 6.45) is 3.22. The smallest absolute Gasteiger partial charge is 0.242 e. The van der Waals surface area contributed by atoms with Crippen LogP contribution >= 0.6 is 0 Å². The lowest BCUT2D eigenvalue weighted by molar-refractivity contribution is -0.117. The normalized spacial score (nSPS) is 13.5. The summed E-state index contributed by atoms with van der Waals surface area (Å²) in [6, 6.07) is 7.64. The Hall–Kier alpha value is -2.78. The molecular formula is C22H29N5O3S. The van der Waals surface area contributed by atoms with E-state index in [1.807, 2.05) is 13.8 Å². The molecule has 166 valence electrons. The van der Waals surface area contributed by atoms with E-state index in [1.54, 1.807) is 41.2 Å². The number of hydrogen-bond acceptors (Lipinski definition) is 5. The molecule has 9 heteroatoms. The molecule has 1 atom stereocenters. The minimum absolute atomic E-state index is 0.0797. The number of anilines is 1. The van der Waals surface area contributed by atoms with Gasteiger partial charge in [-0.2, -0.15) is 9.82 Å². The molecule has 0 aliphatic heterocycles. The van der Waals surface area contributed by atoms with E-state index in [0.717, 1.165) is 16.6 Å². The van der Waals surface area contributed by atoms with Crippen molar-refractivity contribution in [3.8, 4) is 0 Å². The summed E-state index contributed by atoms with van der Waals surface area (Å²) >= 11 is 0. The monoisotopic (exact) mass is 443 g/mol. The minimum Gasteiger partial charge on any atom is -0.323 e. The van der Waals surface area contributed by atoms with Crippen LogP contribution in [0.15, 0.2) is 47.6 Å². The largest absolute Gasteiger partial charge is 0.323 e. The average molecular weight is 444 g/mol. The summed E-state index contributed by atoms with van der Waals surface area (Å²) in [6.45, 7) is 11.7. The van der Waals surface area contributed by atoms with Crippen molar-refractivity contribution in [3.63, 3.8) is 0 Å². The first-order chi connectivity index (χ1) is 14.4. The molecule has 0 aliphatic rings. The van der Waals surface area contributed by atoms with Gasteiger partial charge >= 0.3 is 0 Å². The second kappa shape index (κ2) is 8.39. The van der Waals surface area contributed by atoms with Gasteiger partial charge in [0, 0.05) is 11.4 Å². The van der Waals surface area contributed by atoms with Crippen molar-refractivity contribution in [2.24, 2.45) is 0 Å². The molecule has 0 spiro atoms. The summed E-state index contributed by atoms with van der Waals surface area (Å²) < 4.78 is 29.6. The van der Waals surface area contributed by atoms with Gasteiger partial charge in [0.1, 0.15) is 0 Å². The lowest BCUT2D eigenvalue weighted by atomic mass is 9.87. The number of rotatable bonds is 6. The maximum Gasteiger partial charge on any atom is 0.242 e. The average Bonchev–Trinajstić information content (AvgIpc) is 3.10. The van der Waals surface area contributed by atoms with E-state index in [2.05, 4.69) is 40.9 Å². The van der Waals surface area contributed by atoms with Crippen LogP contribution in [0.25, 0.3) is 11.0 Å². The van der Waals surface area contributed by atoms with Crippen molar-refractivity contribution in [2.45, 2.75) is 63.9 Å². The molecule has 2 N–H and O–H groups in total. The molecule has 1 aromatic carbocycles. The summed E-state index contributed by atoms with van der Waals surface area (Å²) in [7, 11) is -3.84. The molecule has 0 fully saturated rings. The van der Waals surface area contributed by atoms with E-state index < -0.39 is 22.0 Å². The Bertz CT molecular complexity index is 1190. The highest BCUT2D eigenvalue weighted by atomic mass is 32.2. The van der Waals surface area contributed by atoms with Crippen LogP contribution in [0.3, 0.4) is 0 Å². The van der Waals surface area contributed by atoms with Gasteiger partial charge in [-0.1, -0.05) is 32.9 Å². The molecule has 0 saturated heterocycles. The molecule has 2 heterocycles. The maximum atomic E-state index is 12.7. The third kappa shape index (κ3) is 5.11. The van der Waals surface area contributed by atoms with Gasteiger partial charge in [0.2, 0.25) is 15.9 Å². The zero-order valence-corrected chi connectivity index (χ0v) is 19.5. The zero-order valence-electron chi connectivity index (χ0n) is 18.7. The van der Waals surface area contributed by atoms with E-state index in [9.17, 15) is 13.2 Å². The molecular weight excluding hydrogens is 414 g/mol. The number of sulfonamides is 1. The van der Waals surface area contributed by atoms with Crippen LogP contribution in [-0.2, 0) is 20.2 Å². The summed E-state index contributed by atoms with van der Waals surface area (Å²) in [5.74, 6) is -0.479. The van der Waals surface area contributed by atoms with Crippen LogP contribution in [0, 0.1) is 0 Å². The van der Waals surface area contributed by atoms with Gasteiger partial charge in [0.25, 0.3) is 0 Å². The van der Waals surface area contributed by atoms with Gasteiger partial charge in [-0.15, -0.1) is 0 Å². The highest BCUT2D eigenvalue weighted by Gasteiger charge is 2.23. The molecule has 0 bridgehead atoms. The van der Waals surface area contributed by atoms with Crippen LogP contribution < -0.4 is 10.0 Å². The van der Waals surface area contributed by atoms with Gasteiger partial charge in [0.15, 0.2) is 5.65 Å². The zero-order chi connectivity index (χ0) is 23.0. The number of nitrogens with zero attached hydrogens (tertiary/aromatic N) is 3. The van der Waals surface area contributed by atoms with Crippen molar-refractivity contribution in [1.29, 1.82) is 0 Å². The fraction of sp³-hybridized carbons (Fsp3) is 0.409. The Morgan fingerprint density at radius 1 is 1.06 bits per heavy atom. The van der Waals surface area contributed by atoms with Gasteiger partial charge in [-0.3, -0.25) is 4.79 Å². The molecule has 8 nitrogen and oxygen atoms in total. The molecule has 0 aliphatic carbocycles. The van der Waals surface area contributed by atoms with Gasteiger partial charge in [0.05, 0.1) is 29.0 Å². The fourth-order valence-corrected chi connectivity index (χ4v) is 4.33. The summed E-state index contributed by atoms with van der Waals surface area (Å²) in [5.41, 5.74) is 2.15. The second-order valence-electron chi connectivity index (χ2n) is 8.93. The molecule has 3 rings (SSSR count). The topological polar surface area (TPSA) is 106 Å². The van der Waals surface area contributed by atoms with E-state index in [-0.39, 0.29) is 16.4 Å². The Labute approximate surface area is 183 Å². The van der Waals surface area contributed by atoms with Gasteiger partial charge in [-0.25, -0.2) is 18.1 Å².